The van der Waals surface area contributed by atoms with E-state index in [2.05, 4.69) is 4.90 Å². The van der Waals surface area contributed by atoms with Crippen molar-refractivity contribution in [3.63, 3.8) is 0 Å². The summed E-state index contributed by atoms with van der Waals surface area (Å²) in [6.07, 6.45) is 0. The fourth-order valence-corrected chi connectivity index (χ4v) is 3.71. The minimum Gasteiger partial charge on any atom is -0.492 e. The first kappa shape index (κ1) is 19.3. The highest BCUT2D eigenvalue weighted by molar-refractivity contribution is 6.35. The Hall–Kier alpha value is -3.06. The van der Waals surface area contributed by atoms with Gasteiger partial charge in [0, 0.05) is 25.2 Å². The first-order valence-electron chi connectivity index (χ1n) is 9.89. The third-order valence-corrected chi connectivity index (χ3v) is 5.03. The summed E-state index contributed by atoms with van der Waals surface area (Å²) in [5.41, 5.74) is 2.07. The molecule has 0 saturated carbocycles. The average Bonchev–Trinajstić information content (AvgIpc) is 3.00. The van der Waals surface area contributed by atoms with Crippen LogP contribution in [0.15, 0.2) is 36.4 Å². The number of hydrogen-bond donors (Lipinski definition) is 0. The molecule has 0 unspecified atom stereocenters. The van der Waals surface area contributed by atoms with Crippen LogP contribution in [0.1, 0.15) is 34.6 Å². The van der Waals surface area contributed by atoms with Crippen LogP contribution in [-0.2, 0) is 4.74 Å². The zero-order valence-electron chi connectivity index (χ0n) is 16.6. The number of amides is 2. The summed E-state index contributed by atoms with van der Waals surface area (Å²) in [5.74, 6) is 0.387. The first-order chi connectivity index (χ1) is 14.2. The van der Waals surface area contributed by atoms with E-state index in [0.717, 1.165) is 18.8 Å². The van der Waals surface area contributed by atoms with Gasteiger partial charge in [0.1, 0.15) is 11.5 Å². The molecule has 2 aliphatic heterocycles. The van der Waals surface area contributed by atoms with E-state index in [1.54, 1.807) is 30.3 Å². The predicted molar refractivity (Wildman–Crippen MR) is 109 cm³/mol. The maximum absolute atomic E-state index is 13.0. The molecule has 0 bridgehead atoms. The van der Waals surface area contributed by atoms with Gasteiger partial charge in [-0.3, -0.25) is 9.59 Å². The van der Waals surface area contributed by atoms with Gasteiger partial charge in [0.2, 0.25) is 0 Å². The standard InChI is InChI=1S/C22H24N2O5/c1-3-28-19-14-18(24-21(25)15-7-5-6-8-16(15)22(24)26)20(29-4-2)13-17(19)23-9-11-27-12-10-23/h5-8,13-14H,3-4,9-12H2,1-2H3. The van der Waals surface area contributed by atoms with Gasteiger partial charge >= 0.3 is 0 Å². The molecule has 2 amide bonds. The quantitative estimate of drug-likeness (QED) is 0.699. The molecule has 29 heavy (non-hydrogen) atoms. The second-order valence-corrected chi connectivity index (χ2v) is 6.74. The summed E-state index contributed by atoms with van der Waals surface area (Å²) in [6.45, 7) is 7.39. The van der Waals surface area contributed by atoms with Gasteiger partial charge in [0.15, 0.2) is 0 Å². The molecule has 4 rings (SSSR count). The van der Waals surface area contributed by atoms with Crippen molar-refractivity contribution in [2.24, 2.45) is 0 Å². The third-order valence-electron chi connectivity index (χ3n) is 5.03. The number of nitrogens with zero attached hydrogens (tertiary/aromatic N) is 2. The van der Waals surface area contributed by atoms with Crippen molar-refractivity contribution in [2.75, 3.05) is 49.3 Å². The van der Waals surface area contributed by atoms with Crippen molar-refractivity contribution in [3.05, 3.63) is 47.5 Å². The lowest BCUT2D eigenvalue weighted by atomic mass is 10.1. The molecule has 0 spiro atoms. The molecule has 0 radical (unpaired) electrons. The van der Waals surface area contributed by atoms with Gasteiger partial charge in [-0.15, -0.1) is 0 Å². The van der Waals surface area contributed by atoms with Crippen molar-refractivity contribution < 1.29 is 23.8 Å². The van der Waals surface area contributed by atoms with E-state index in [4.69, 9.17) is 14.2 Å². The lowest BCUT2D eigenvalue weighted by molar-refractivity contribution is 0.0925. The number of benzene rings is 2. The topological polar surface area (TPSA) is 68.3 Å². The fraction of sp³-hybridized carbons (Fsp3) is 0.364. The lowest BCUT2D eigenvalue weighted by Crippen LogP contribution is -2.36. The zero-order valence-corrected chi connectivity index (χ0v) is 16.6. The number of morpholine rings is 1. The van der Waals surface area contributed by atoms with Crippen molar-refractivity contribution in [2.45, 2.75) is 13.8 Å². The van der Waals surface area contributed by atoms with Crippen LogP contribution in [0.25, 0.3) is 0 Å². The van der Waals surface area contributed by atoms with Gasteiger partial charge in [-0.25, -0.2) is 4.90 Å². The van der Waals surface area contributed by atoms with Gasteiger partial charge < -0.3 is 19.1 Å². The number of fused-ring (bicyclic) bond motifs is 1. The van der Waals surface area contributed by atoms with Crippen molar-refractivity contribution >= 4 is 23.2 Å². The van der Waals surface area contributed by atoms with E-state index in [1.165, 1.54) is 4.90 Å². The molecule has 7 heteroatoms. The van der Waals surface area contributed by atoms with E-state index in [1.807, 2.05) is 19.9 Å². The molecule has 0 aliphatic carbocycles. The second-order valence-electron chi connectivity index (χ2n) is 6.74. The number of carbonyl (C=O) groups is 2. The van der Waals surface area contributed by atoms with Crippen LogP contribution in [0.5, 0.6) is 11.5 Å². The Kier molecular flexibility index (Phi) is 5.40. The van der Waals surface area contributed by atoms with Gasteiger partial charge in [-0.1, -0.05) is 12.1 Å². The monoisotopic (exact) mass is 396 g/mol. The van der Waals surface area contributed by atoms with Crippen LogP contribution < -0.4 is 19.3 Å². The number of hydrogen-bond acceptors (Lipinski definition) is 6. The van der Waals surface area contributed by atoms with Crippen molar-refractivity contribution in [1.29, 1.82) is 0 Å². The third kappa shape index (κ3) is 3.42. The maximum Gasteiger partial charge on any atom is 0.266 e. The summed E-state index contributed by atoms with van der Waals surface area (Å²) in [5, 5.41) is 0. The van der Waals surface area contributed by atoms with E-state index in [9.17, 15) is 9.59 Å². The molecule has 2 aromatic rings. The predicted octanol–water partition coefficient (Wildman–Crippen LogP) is 3.12. The number of imide groups is 1. The van der Waals surface area contributed by atoms with Crippen LogP contribution in [-0.4, -0.2) is 51.3 Å². The average molecular weight is 396 g/mol. The Morgan fingerprint density at radius 3 is 1.93 bits per heavy atom. The van der Waals surface area contributed by atoms with E-state index < -0.39 is 0 Å². The Morgan fingerprint density at radius 2 is 1.38 bits per heavy atom. The Balaban J connectivity index is 1.81. The van der Waals surface area contributed by atoms with Gasteiger partial charge in [0.25, 0.3) is 11.8 Å². The normalized spacial score (nSPS) is 16.2. The van der Waals surface area contributed by atoms with Crippen molar-refractivity contribution in [3.8, 4) is 11.5 Å². The first-order valence-corrected chi connectivity index (χ1v) is 9.89. The van der Waals surface area contributed by atoms with Gasteiger partial charge in [0.05, 0.1) is 48.9 Å². The number of ether oxygens (including phenoxy) is 3. The van der Waals surface area contributed by atoms with Crippen LogP contribution in [0.4, 0.5) is 11.4 Å². The summed E-state index contributed by atoms with van der Waals surface area (Å²) in [6, 6.07) is 10.4. The molecule has 1 fully saturated rings. The smallest absolute Gasteiger partial charge is 0.266 e. The molecule has 0 N–H and O–H groups in total. The Morgan fingerprint density at radius 1 is 0.862 bits per heavy atom. The van der Waals surface area contributed by atoms with Crippen molar-refractivity contribution in [1.82, 2.24) is 0 Å². The van der Waals surface area contributed by atoms with Crippen LogP contribution in [0.2, 0.25) is 0 Å². The number of carbonyl (C=O) groups excluding carboxylic acids is 2. The highest BCUT2D eigenvalue weighted by Gasteiger charge is 2.38. The zero-order chi connectivity index (χ0) is 20.4. The summed E-state index contributed by atoms with van der Waals surface area (Å²) in [4.78, 5) is 29.4. The number of rotatable bonds is 6. The largest absolute Gasteiger partial charge is 0.492 e. The van der Waals surface area contributed by atoms with E-state index in [-0.39, 0.29) is 11.8 Å². The Bertz CT molecular complexity index is 902. The summed E-state index contributed by atoms with van der Waals surface area (Å²) < 4.78 is 17.2. The number of anilines is 2. The SMILES string of the molecule is CCOc1cc(N2C(=O)c3ccccc3C2=O)c(OCC)cc1N1CCOCC1. The van der Waals surface area contributed by atoms with Gasteiger partial charge in [-0.05, 0) is 26.0 Å². The molecular formula is C22H24N2O5. The minimum atomic E-state index is -0.354. The van der Waals surface area contributed by atoms with Crippen LogP contribution in [0, 0.1) is 0 Å². The fourth-order valence-electron chi connectivity index (χ4n) is 3.71. The molecule has 7 nitrogen and oxygen atoms in total. The lowest BCUT2D eigenvalue weighted by Gasteiger charge is -2.31. The highest BCUT2D eigenvalue weighted by Crippen LogP contribution is 2.43. The maximum atomic E-state index is 13.0. The highest BCUT2D eigenvalue weighted by atomic mass is 16.5. The second kappa shape index (κ2) is 8.13. The van der Waals surface area contributed by atoms with E-state index in [0.29, 0.717) is 54.7 Å². The Labute approximate surface area is 169 Å². The van der Waals surface area contributed by atoms with E-state index >= 15 is 0 Å². The molecule has 0 aromatic heterocycles. The molecule has 2 heterocycles. The molecular weight excluding hydrogens is 372 g/mol. The van der Waals surface area contributed by atoms with Crippen LogP contribution in [0.3, 0.4) is 0 Å². The van der Waals surface area contributed by atoms with Gasteiger partial charge in [-0.2, -0.15) is 0 Å². The molecule has 152 valence electrons. The van der Waals surface area contributed by atoms with Crippen LogP contribution >= 0.6 is 0 Å². The summed E-state index contributed by atoms with van der Waals surface area (Å²) >= 11 is 0. The molecule has 0 atom stereocenters. The minimum absolute atomic E-state index is 0.354. The molecule has 2 aromatic carbocycles. The summed E-state index contributed by atoms with van der Waals surface area (Å²) in [7, 11) is 0. The molecule has 1 saturated heterocycles. The molecule has 2 aliphatic rings.